The molecule has 1 aromatic heterocycles. The largest absolute Gasteiger partial charge is 0.364 e. The molecule has 0 spiro atoms. The first-order valence-electron chi connectivity index (χ1n) is 10.6. The second-order valence-electron chi connectivity index (χ2n) is 8.91. The van der Waals surface area contributed by atoms with Gasteiger partial charge in [-0.25, -0.2) is 0 Å². The first-order chi connectivity index (χ1) is 15.0. The molecule has 1 aliphatic rings. The van der Waals surface area contributed by atoms with E-state index in [1.54, 1.807) is 6.07 Å². The quantitative estimate of drug-likeness (QED) is 0.350. The highest BCUT2D eigenvalue weighted by Crippen LogP contribution is 2.50. The maximum Gasteiger partial charge on any atom is 0.178 e. The molecule has 31 heavy (non-hydrogen) atoms. The van der Waals surface area contributed by atoms with Crippen LogP contribution in [0.1, 0.15) is 36.8 Å². The molecule has 0 saturated carbocycles. The van der Waals surface area contributed by atoms with Crippen LogP contribution in [0.5, 0.6) is 0 Å². The van der Waals surface area contributed by atoms with Crippen LogP contribution in [0.2, 0.25) is 0 Å². The van der Waals surface area contributed by atoms with Crippen LogP contribution < -0.4 is 0 Å². The molecule has 4 aromatic carbocycles. The van der Waals surface area contributed by atoms with Crippen LogP contribution in [0.3, 0.4) is 0 Å². The van der Waals surface area contributed by atoms with E-state index in [0.717, 1.165) is 27.5 Å². The third-order valence-corrected chi connectivity index (χ3v) is 6.80. The zero-order chi connectivity index (χ0) is 21.3. The molecule has 0 unspecified atom stereocenters. The Kier molecular flexibility index (Phi) is 3.73. The summed E-state index contributed by atoms with van der Waals surface area (Å²) in [5.74, 6) is 0. The van der Waals surface area contributed by atoms with Crippen molar-refractivity contribution in [1.82, 2.24) is 4.57 Å². The van der Waals surface area contributed by atoms with Gasteiger partial charge in [0.2, 0.25) is 0 Å². The van der Waals surface area contributed by atoms with Gasteiger partial charge in [-0.1, -0.05) is 62.4 Å². The number of hydrogen-bond acceptors (Lipinski definition) is 2. The van der Waals surface area contributed by atoms with Crippen molar-refractivity contribution in [2.45, 2.75) is 25.6 Å². The SMILES string of the molecule is CC1(C)c2ccccc2-c2cc3c4cc(C(O)O)ccc4n(-c4ccccc4)c3cc21. The smallest absolute Gasteiger partial charge is 0.178 e. The highest BCUT2D eigenvalue weighted by Gasteiger charge is 2.36. The fourth-order valence-electron chi connectivity index (χ4n) is 5.25. The molecule has 0 bridgehead atoms. The van der Waals surface area contributed by atoms with Crippen molar-refractivity contribution in [2.24, 2.45) is 0 Å². The molecule has 0 fully saturated rings. The second-order valence-corrected chi connectivity index (χ2v) is 8.91. The number of aliphatic hydroxyl groups excluding tert-OH is 1. The maximum absolute atomic E-state index is 9.78. The molecular weight excluding hydrogens is 382 g/mol. The molecule has 0 saturated heterocycles. The van der Waals surface area contributed by atoms with E-state index in [0.29, 0.717) is 5.56 Å². The first kappa shape index (κ1) is 18.4. The molecule has 0 aliphatic heterocycles. The second kappa shape index (κ2) is 6.30. The Bertz CT molecular complexity index is 1480. The molecule has 3 heteroatoms. The van der Waals surface area contributed by atoms with Crippen molar-refractivity contribution in [3.63, 3.8) is 0 Å². The van der Waals surface area contributed by atoms with E-state index < -0.39 is 6.29 Å². The number of aliphatic hydroxyl groups is 2. The van der Waals surface area contributed by atoms with Crippen LogP contribution in [0.15, 0.2) is 84.9 Å². The Balaban J connectivity index is 1.78. The van der Waals surface area contributed by atoms with Crippen LogP contribution in [0, 0.1) is 0 Å². The van der Waals surface area contributed by atoms with Crippen LogP contribution >= 0.6 is 0 Å². The Morgan fingerprint density at radius 1 is 0.677 bits per heavy atom. The lowest BCUT2D eigenvalue weighted by Gasteiger charge is -2.21. The van der Waals surface area contributed by atoms with Crippen molar-refractivity contribution >= 4 is 21.8 Å². The zero-order valence-electron chi connectivity index (χ0n) is 17.5. The summed E-state index contributed by atoms with van der Waals surface area (Å²) >= 11 is 0. The molecule has 0 radical (unpaired) electrons. The Labute approximate surface area is 180 Å². The van der Waals surface area contributed by atoms with Gasteiger partial charge in [-0.05, 0) is 58.7 Å². The van der Waals surface area contributed by atoms with Gasteiger partial charge in [0.1, 0.15) is 0 Å². The molecule has 5 aromatic rings. The molecule has 2 N–H and O–H groups in total. The lowest BCUT2D eigenvalue weighted by atomic mass is 9.82. The topological polar surface area (TPSA) is 45.4 Å². The Morgan fingerprint density at radius 2 is 1.39 bits per heavy atom. The van der Waals surface area contributed by atoms with Gasteiger partial charge >= 0.3 is 0 Å². The van der Waals surface area contributed by atoms with Gasteiger partial charge in [0.25, 0.3) is 0 Å². The van der Waals surface area contributed by atoms with Crippen LogP contribution in [0.25, 0.3) is 38.6 Å². The molecule has 0 atom stereocenters. The summed E-state index contributed by atoms with van der Waals surface area (Å²) in [6.07, 6.45) is -1.49. The Hall–Kier alpha value is -3.40. The molecule has 1 aliphatic carbocycles. The van der Waals surface area contributed by atoms with Crippen LogP contribution in [0.4, 0.5) is 0 Å². The van der Waals surface area contributed by atoms with Crippen molar-refractivity contribution < 1.29 is 10.2 Å². The molecule has 6 rings (SSSR count). The van der Waals surface area contributed by atoms with Gasteiger partial charge in [0, 0.05) is 27.4 Å². The molecule has 0 amide bonds. The number of aromatic nitrogens is 1. The molecular formula is C28H23NO2. The van der Waals surface area contributed by atoms with Crippen molar-refractivity contribution in [2.75, 3.05) is 0 Å². The monoisotopic (exact) mass is 405 g/mol. The molecule has 152 valence electrons. The van der Waals surface area contributed by atoms with E-state index in [2.05, 4.69) is 66.9 Å². The summed E-state index contributed by atoms with van der Waals surface area (Å²) in [5.41, 5.74) is 8.91. The average Bonchev–Trinajstić information content (AvgIpc) is 3.22. The van der Waals surface area contributed by atoms with Gasteiger partial charge in [-0.3, -0.25) is 0 Å². The summed E-state index contributed by atoms with van der Waals surface area (Å²) in [7, 11) is 0. The Morgan fingerprint density at radius 3 is 2.16 bits per heavy atom. The van der Waals surface area contributed by atoms with E-state index >= 15 is 0 Å². The van der Waals surface area contributed by atoms with E-state index in [-0.39, 0.29) is 5.41 Å². The number of rotatable bonds is 2. The van der Waals surface area contributed by atoms with Gasteiger partial charge in [0.05, 0.1) is 11.0 Å². The third kappa shape index (κ3) is 2.48. The number of hydrogen-bond donors (Lipinski definition) is 2. The van der Waals surface area contributed by atoms with Crippen molar-refractivity contribution in [3.05, 3.63) is 102 Å². The van der Waals surface area contributed by atoms with E-state index in [4.69, 9.17) is 0 Å². The average molecular weight is 405 g/mol. The van der Waals surface area contributed by atoms with E-state index in [1.807, 2.05) is 30.3 Å². The lowest BCUT2D eigenvalue weighted by molar-refractivity contribution is -0.0423. The molecule has 1 heterocycles. The molecule has 3 nitrogen and oxygen atoms in total. The number of nitrogens with zero attached hydrogens (tertiary/aromatic N) is 1. The van der Waals surface area contributed by atoms with Crippen molar-refractivity contribution in [3.8, 4) is 16.8 Å². The number of para-hydroxylation sites is 1. The maximum atomic E-state index is 9.78. The number of benzene rings is 4. The number of fused-ring (bicyclic) bond motifs is 6. The minimum atomic E-state index is -1.49. The predicted octanol–water partition coefficient (Wildman–Crippen LogP) is 6.07. The van der Waals surface area contributed by atoms with E-state index in [1.165, 1.54) is 22.3 Å². The highest BCUT2D eigenvalue weighted by atomic mass is 16.5. The van der Waals surface area contributed by atoms with Gasteiger partial charge < -0.3 is 14.8 Å². The van der Waals surface area contributed by atoms with Crippen LogP contribution in [-0.2, 0) is 5.41 Å². The summed E-state index contributed by atoms with van der Waals surface area (Å²) in [6, 6.07) is 29.3. The fraction of sp³-hybridized carbons (Fsp3) is 0.143. The van der Waals surface area contributed by atoms with E-state index in [9.17, 15) is 10.2 Å². The minimum Gasteiger partial charge on any atom is -0.364 e. The van der Waals surface area contributed by atoms with Gasteiger partial charge in [0.15, 0.2) is 6.29 Å². The normalized spacial score (nSPS) is 14.4. The standard InChI is InChI=1S/C28H23NO2/c1-28(2)23-11-7-6-10-19(23)20-15-22-21-14-17(27(30)31)12-13-25(21)29(26(22)16-24(20)28)18-8-4-3-5-9-18/h3-16,27,30-31H,1-2H3. The minimum absolute atomic E-state index is 0.0788. The summed E-state index contributed by atoms with van der Waals surface area (Å²) in [4.78, 5) is 0. The lowest BCUT2D eigenvalue weighted by Crippen LogP contribution is -2.14. The predicted molar refractivity (Wildman–Crippen MR) is 126 cm³/mol. The summed E-state index contributed by atoms with van der Waals surface area (Å²) in [6.45, 7) is 4.58. The van der Waals surface area contributed by atoms with Gasteiger partial charge in [-0.2, -0.15) is 0 Å². The summed E-state index contributed by atoms with van der Waals surface area (Å²) in [5, 5.41) is 21.7. The van der Waals surface area contributed by atoms with Crippen LogP contribution in [-0.4, -0.2) is 14.8 Å². The zero-order valence-corrected chi connectivity index (χ0v) is 17.5. The van der Waals surface area contributed by atoms with Crippen molar-refractivity contribution in [1.29, 1.82) is 0 Å². The fourth-order valence-corrected chi connectivity index (χ4v) is 5.25. The first-order valence-corrected chi connectivity index (χ1v) is 10.6. The third-order valence-electron chi connectivity index (χ3n) is 6.80. The highest BCUT2D eigenvalue weighted by molar-refractivity contribution is 6.11. The van der Waals surface area contributed by atoms with Gasteiger partial charge in [-0.15, -0.1) is 0 Å². The summed E-state index contributed by atoms with van der Waals surface area (Å²) < 4.78 is 2.28.